The highest BCUT2D eigenvalue weighted by molar-refractivity contribution is 5.89. The van der Waals surface area contributed by atoms with Gasteiger partial charge in [0.1, 0.15) is 12.7 Å². The van der Waals surface area contributed by atoms with Crippen LogP contribution in [0, 0.1) is 12.3 Å². The van der Waals surface area contributed by atoms with E-state index in [4.69, 9.17) is 20.6 Å². The Bertz CT molecular complexity index is 461. The van der Waals surface area contributed by atoms with E-state index >= 15 is 0 Å². The lowest BCUT2D eigenvalue weighted by Gasteiger charge is -2.18. The number of esters is 1. The third-order valence-electron chi connectivity index (χ3n) is 2.40. The molecule has 0 bridgehead atoms. The Morgan fingerprint density at radius 2 is 2.15 bits per heavy atom. The first-order valence-corrected chi connectivity index (χ1v) is 6.29. The number of hydrogen-bond acceptors (Lipinski definition) is 4. The lowest BCUT2D eigenvalue weighted by molar-refractivity contribution is -0.131. The Labute approximate surface area is 119 Å². The van der Waals surface area contributed by atoms with E-state index in [1.807, 2.05) is 13.0 Å². The molecule has 1 rings (SSSR count). The average Bonchev–Trinajstić information content (AvgIpc) is 2.50. The molecule has 0 heterocycles. The van der Waals surface area contributed by atoms with E-state index in [1.165, 1.54) is 6.08 Å². The van der Waals surface area contributed by atoms with Crippen LogP contribution >= 0.6 is 0 Å². The number of hydrogen-bond donors (Lipinski definition) is 0. The third-order valence-corrected chi connectivity index (χ3v) is 2.40. The normalized spacial score (nSPS) is 13.0. The predicted octanol–water partition coefficient (Wildman–Crippen LogP) is 2.41. The Balaban J connectivity index is 2.47. The van der Waals surface area contributed by atoms with Crippen molar-refractivity contribution in [2.24, 2.45) is 0 Å². The van der Waals surface area contributed by atoms with Crippen LogP contribution in [0.3, 0.4) is 0 Å². The number of rotatable bonds is 8. The smallest absolute Gasteiger partial charge is 0.338 e. The molecule has 1 aromatic rings. The summed E-state index contributed by atoms with van der Waals surface area (Å²) in [5, 5.41) is 0. The zero-order chi connectivity index (χ0) is 14.8. The summed E-state index contributed by atoms with van der Waals surface area (Å²) in [5.74, 6) is 1.93. The fourth-order valence-corrected chi connectivity index (χ4v) is 1.42. The van der Waals surface area contributed by atoms with E-state index < -0.39 is 18.4 Å². The Morgan fingerprint density at radius 1 is 1.45 bits per heavy atom. The van der Waals surface area contributed by atoms with Crippen molar-refractivity contribution in [2.45, 2.75) is 19.3 Å². The summed E-state index contributed by atoms with van der Waals surface area (Å²) >= 11 is 0. The van der Waals surface area contributed by atoms with Gasteiger partial charge >= 0.3 is 5.97 Å². The highest BCUT2D eigenvalue weighted by Gasteiger charge is 2.15. The van der Waals surface area contributed by atoms with Gasteiger partial charge < -0.3 is 14.2 Å². The Hall–Kier alpha value is -2.09. The molecular weight excluding hydrogens is 256 g/mol. The van der Waals surface area contributed by atoms with Crippen LogP contribution in [-0.2, 0) is 14.2 Å². The first kappa shape index (κ1) is 16.0. The number of benzene rings is 1. The van der Waals surface area contributed by atoms with E-state index in [0.717, 1.165) is 0 Å². The number of ether oxygens (including phenoxy) is 3. The SMILES string of the molecule is C#CC(OCC)O[C@@H](C=C)COC(=O)c1ccccc1. The molecule has 0 fully saturated rings. The zero-order valence-corrected chi connectivity index (χ0v) is 11.5. The van der Waals surface area contributed by atoms with Gasteiger partial charge in [-0.05, 0) is 25.0 Å². The molecule has 4 heteroatoms. The molecule has 2 atom stereocenters. The maximum absolute atomic E-state index is 11.8. The molecule has 0 N–H and O–H groups in total. The quantitative estimate of drug-likeness (QED) is 0.316. The van der Waals surface area contributed by atoms with Crippen LogP contribution in [0.15, 0.2) is 43.0 Å². The van der Waals surface area contributed by atoms with Crippen molar-refractivity contribution in [3.05, 3.63) is 48.6 Å². The van der Waals surface area contributed by atoms with Gasteiger partial charge in [-0.1, -0.05) is 24.3 Å². The van der Waals surface area contributed by atoms with E-state index in [-0.39, 0.29) is 6.61 Å². The molecule has 0 saturated carbocycles. The number of carbonyl (C=O) groups is 1. The van der Waals surface area contributed by atoms with Gasteiger partial charge in [0, 0.05) is 6.61 Å². The second-order valence-corrected chi connectivity index (χ2v) is 3.83. The zero-order valence-electron chi connectivity index (χ0n) is 11.5. The second kappa shape index (κ2) is 8.92. The fraction of sp³-hybridized carbons (Fsp3) is 0.312. The fourth-order valence-electron chi connectivity index (χ4n) is 1.42. The molecular formula is C16H18O4. The van der Waals surface area contributed by atoms with Gasteiger partial charge in [0.2, 0.25) is 6.29 Å². The van der Waals surface area contributed by atoms with Gasteiger partial charge in [-0.2, -0.15) is 0 Å². The largest absolute Gasteiger partial charge is 0.459 e. The summed E-state index contributed by atoms with van der Waals surface area (Å²) < 4.78 is 15.7. The average molecular weight is 274 g/mol. The van der Waals surface area contributed by atoms with Crippen molar-refractivity contribution in [1.29, 1.82) is 0 Å². The standard InChI is InChI=1S/C16H18O4/c1-4-14(20-15(5-2)18-6-3)12-19-16(17)13-10-8-7-9-11-13/h2,4,7-11,14-15H,1,6,12H2,3H3/t14-,15?/m0/s1. The molecule has 4 nitrogen and oxygen atoms in total. The monoisotopic (exact) mass is 274 g/mol. The number of carbonyl (C=O) groups excluding carboxylic acids is 1. The Morgan fingerprint density at radius 3 is 2.70 bits per heavy atom. The third kappa shape index (κ3) is 5.27. The minimum absolute atomic E-state index is 0.0302. The molecule has 0 aliphatic heterocycles. The summed E-state index contributed by atoms with van der Waals surface area (Å²) in [5.41, 5.74) is 0.480. The lowest BCUT2D eigenvalue weighted by Crippen LogP contribution is -2.27. The van der Waals surface area contributed by atoms with Crippen molar-refractivity contribution in [3.63, 3.8) is 0 Å². The molecule has 1 aromatic carbocycles. The number of terminal acetylenes is 1. The van der Waals surface area contributed by atoms with Gasteiger partial charge in [0.15, 0.2) is 0 Å². The highest BCUT2D eigenvalue weighted by atomic mass is 16.7. The van der Waals surface area contributed by atoms with Gasteiger partial charge in [0.05, 0.1) is 5.56 Å². The molecule has 0 saturated heterocycles. The van der Waals surface area contributed by atoms with Crippen molar-refractivity contribution in [3.8, 4) is 12.3 Å². The van der Waals surface area contributed by atoms with Gasteiger partial charge in [-0.25, -0.2) is 4.79 Å². The second-order valence-electron chi connectivity index (χ2n) is 3.83. The topological polar surface area (TPSA) is 44.8 Å². The summed E-state index contributed by atoms with van der Waals surface area (Å²) in [6, 6.07) is 8.71. The first-order valence-electron chi connectivity index (χ1n) is 6.29. The minimum atomic E-state index is -0.779. The molecule has 0 aromatic heterocycles. The molecule has 20 heavy (non-hydrogen) atoms. The maximum Gasteiger partial charge on any atom is 0.338 e. The van der Waals surface area contributed by atoms with Crippen molar-refractivity contribution >= 4 is 5.97 Å². The van der Waals surface area contributed by atoms with Crippen LogP contribution in [0.1, 0.15) is 17.3 Å². The Kier molecular flexibility index (Phi) is 7.12. The summed E-state index contributed by atoms with van der Waals surface area (Å²) in [7, 11) is 0. The van der Waals surface area contributed by atoms with Gasteiger partial charge in [-0.15, -0.1) is 13.0 Å². The van der Waals surface area contributed by atoms with E-state index in [2.05, 4.69) is 12.5 Å². The predicted molar refractivity (Wildman–Crippen MR) is 76.0 cm³/mol. The first-order chi connectivity index (χ1) is 9.71. The summed E-state index contributed by atoms with van der Waals surface area (Å²) in [4.78, 5) is 11.8. The molecule has 0 aliphatic rings. The van der Waals surface area contributed by atoms with Crippen LogP contribution < -0.4 is 0 Å². The van der Waals surface area contributed by atoms with Crippen LogP contribution in [0.2, 0.25) is 0 Å². The van der Waals surface area contributed by atoms with E-state index in [0.29, 0.717) is 12.2 Å². The van der Waals surface area contributed by atoms with Crippen LogP contribution in [0.4, 0.5) is 0 Å². The molecule has 106 valence electrons. The van der Waals surface area contributed by atoms with Crippen molar-refractivity contribution in [1.82, 2.24) is 0 Å². The van der Waals surface area contributed by atoms with Gasteiger partial charge in [-0.3, -0.25) is 0 Å². The van der Waals surface area contributed by atoms with Crippen LogP contribution in [0.25, 0.3) is 0 Å². The summed E-state index contributed by atoms with van der Waals surface area (Å²) in [6.07, 6.45) is 5.48. The molecule has 0 aliphatic carbocycles. The van der Waals surface area contributed by atoms with E-state index in [9.17, 15) is 4.79 Å². The van der Waals surface area contributed by atoms with E-state index in [1.54, 1.807) is 24.3 Å². The lowest BCUT2D eigenvalue weighted by atomic mass is 10.2. The molecule has 0 spiro atoms. The molecule has 1 unspecified atom stereocenters. The maximum atomic E-state index is 11.8. The molecule has 0 radical (unpaired) electrons. The van der Waals surface area contributed by atoms with Crippen molar-refractivity contribution in [2.75, 3.05) is 13.2 Å². The molecule has 0 amide bonds. The van der Waals surface area contributed by atoms with Crippen LogP contribution in [0.5, 0.6) is 0 Å². The highest BCUT2D eigenvalue weighted by Crippen LogP contribution is 2.06. The minimum Gasteiger partial charge on any atom is -0.459 e. The van der Waals surface area contributed by atoms with Crippen LogP contribution in [-0.4, -0.2) is 31.6 Å². The summed E-state index contributed by atoms with van der Waals surface area (Å²) in [6.45, 7) is 5.89. The van der Waals surface area contributed by atoms with Crippen molar-refractivity contribution < 1.29 is 19.0 Å². The van der Waals surface area contributed by atoms with Gasteiger partial charge in [0.25, 0.3) is 0 Å².